The molecule has 0 amide bonds. The predicted molar refractivity (Wildman–Crippen MR) is 159 cm³/mol. The number of thiazole rings is 1. The number of aliphatic carboxylic acids is 1. The van der Waals surface area contributed by atoms with E-state index in [0.717, 1.165) is 27.0 Å². The zero-order valence-corrected chi connectivity index (χ0v) is 25.7. The summed E-state index contributed by atoms with van der Waals surface area (Å²) in [6.07, 6.45) is 1.93. The van der Waals surface area contributed by atoms with E-state index in [1.807, 2.05) is 44.5 Å². The molecule has 4 aromatic rings. The molecule has 11 nitrogen and oxygen atoms in total. The highest BCUT2D eigenvalue weighted by molar-refractivity contribution is 8.22. The van der Waals surface area contributed by atoms with Gasteiger partial charge in [0, 0.05) is 17.6 Å². The van der Waals surface area contributed by atoms with E-state index in [2.05, 4.69) is 15.3 Å². The number of rotatable bonds is 8. The highest BCUT2D eigenvalue weighted by Gasteiger charge is 2.43. The number of pyridine rings is 1. The number of ether oxygens (including phenoxy) is 1. The average Bonchev–Trinajstić information content (AvgIpc) is 3.49. The molecule has 3 N–H and O–H groups in total. The van der Waals surface area contributed by atoms with Crippen LogP contribution in [0.2, 0.25) is 0 Å². The Kier molecular flexibility index (Phi) is 7.85. The zero-order chi connectivity index (χ0) is 29.7. The number of carbonyl (C=O) groups is 1. The van der Waals surface area contributed by atoms with Crippen LogP contribution in [0.15, 0.2) is 35.4 Å². The Hall–Kier alpha value is -3.10. The van der Waals surface area contributed by atoms with Gasteiger partial charge < -0.3 is 9.84 Å². The van der Waals surface area contributed by atoms with Crippen LogP contribution < -0.4 is 4.74 Å². The van der Waals surface area contributed by atoms with E-state index in [9.17, 15) is 19.0 Å². The van der Waals surface area contributed by atoms with Crippen molar-refractivity contribution in [1.29, 1.82) is 0 Å². The minimum atomic E-state index is -3.41. The first-order chi connectivity index (χ1) is 19.4. The fourth-order valence-corrected chi connectivity index (χ4v) is 8.06. The summed E-state index contributed by atoms with van der Waals surface area (Å²) in [5.74, 6) is -1.29. The molecular weight excluding hydrogens is 564 g/mol. The van der Waals surface area contributed by atoms with Crippen molar-refractivity contribution in [2.75, 3.05) is 6.54 Å². The van der Waals surface area contributed by atoms with Gasteiger partial charge in [-0.15, -0.1) is 27.2 Å². The van der Waals surface area contributed by atoms with Crippen LogP contribution in [0.3, 0.4) is 0 Å². The molecule has 0 radical (unpaired) electrons. The lowest BCUT2D eigenvalue weighted by molar-refractivity contribution is -0.147. The van der Waals surface area contributed by atoms with Gasteiger partial charge in [-0.2, -0.15) is 4.31 Å². The SMILES string of the molecule is CCC1CN(Cc2nc(C(c3ccc4c(nnn4CC)c3C)C(C)(C)C(=O)O)sc2C)S(O)(O)c2cccnc2O1. The molecule has 0 saturated heterocycles. The van der Waals surface area contributed by atoms with Crippen LogP contribution in [0.25, 0.3) is 11.0 Å². The number of benzene rings is 1. The van der Waals surface area contributed by atoms with Gasteiger partial charge in [-0.3, -0.25) is 13.9 Å². The summed E-state index contributed by atoms with van der Waals surface area (Å²) >= 11 is 1.43. The molecule has 1 aliphatic heterocycles. The summed E-state index contributed by atoms with van der Waals surface area (Å²) in [7, 11) is -3.41. The Morgan fingerprint density at radius 2 is 2.00 bits per heavy atom. The third kappa shape index (κ3) is 5.10. The lowest BCUT2D eigenvalue weighted by Crippen LogP contribution is -2.35. The molecule has 220 valence electrons. The highest BCUT2D eigenvalue weighted by Crippen LogP contribution is 2.57. The number of nitrogens with zero attached hydrogens (tertiary/aromatic N) is 6. The second-order valence-electron chi connectivity index (χ2n) is 10.9. The highest BCUT2D eigenvalue weighted by atomic mass is 32.3. The van der Waals surface area contributed by atoms with Gasteiger partial charge in [0.15, 0.2) is 0 Å². The van der Waals surface area contributed by atoms with E-state index in [1.165, 1.54) is 11.3 Å². The van der Waals surface area contributed by atoms with Gasteiger partial charge in [-0.25, -0.2) is 14.6 Å². The molecule has 13 heteroatoms. The molecule has 0 aliphatic carbocycles. The van der Waals surface area contributed by atoms with E-state index in [1.54, 1.807) is 36.5 Å². The van der Waals surface area contributed by atoms with Crippen molar-refractivity contribution in [3.05, 3.63) is 57.2 Å². The standard InChI is InChI=1S/C28H36N6O5S2/c1-7-18-14-33(41(37,38)22-10-9-13-29-25(22)39-18)15-20-17(4)40-26(30-20)23(28(5,6)27(35)36)19-11-12-21-24(16(19)3)31-32-34(21)8-2/h9-13,18,23,37-38H,7-8,14-15H2,1-6H3,(H,35,36). The van der Waals surface area contributed by atoms with Crippen molar-refractivity contribution >= 4 is 39.1 Å². The normalized spacial score (nSPS) is 18.9. The maximum Gasteiger partial charge on any atom is 0.310 e. The molecule has 0 spiro atoms. The van der Waals surface area contributed by atoms with Crippen molar-refractivity contribution in [1.82, 2.24) is 29.3 Å². The van der Waals surface area contributed by atoms with Crippen LogP contribution in [0.4, 0.5) is 0 Å². The van der Waals surface area contributed by atoms with Gasteiger partial charge in [0.2, 0.25) is 5.88 Å². The smallest absolute Gasteiger partial charge is 0.310 e. The van der Waals surface area contributed by atoms with E-state index in [0.29, 0.717) is 23.7 Å². The largest absolute Gasteiger partial charge is 0.481 e. The van der Waals surface area contributed by atoms with Crippen molar-refractivity contribution in [3.63, 3.8) is 0 Å². The third-order valence-electron chi connectivity index (χ3n) is 7.88. The fourth-order valence-electron chi connectivity index (χ4n) is 5.28. The molecule has 0 saturated carbocycles. The Morgan fingerprint density at radius 3 is 2.68 bits per heavy atom. The average molecular weight is 601 g/mol. The van der Waals surface area contributed by atoms with E-state index in [4.69, 9.17) is 9.72 Å². The van der Waals surface area contributed by atoms with Gasteiger partial charge in [0.05, 0.1) is 35.6 Å². The Morgan fingerprint density at radius 1 is 1.24 bits per heavy atom. The van der Waals surface area contributed by atoms with E-state index < -0.39 is 28.1 Å². The van der Waals surface area contributed by atoms with Gasteiger partial charge in [-0.1, -0.05) is 18.2 Å². The van der Waals surface area contributed by atoms with Crippen molar-refractivity contribution in [2.24, 2.45) is 5.41 Å². The first kappa shape index (κ1) is 29.4. The van der Waals surface area contributed by atoms with Crippen LogP contribution in [0, 0.1) is 19.3 Å². The van der Waals surface area contributed by atoms with Gasteiger partial charge in [-0.05, 0) is 70.4 Å². The van der Waals surface area contributed by atoms with Crippen molar-refractivity contribution in [3.8, 4) is 5.88 Å². The second kappa shape index (κ2) is 11.0. The number of hydrogen-bond donors (Lipinski definition) is 3. The molecule has 41 heavy (non-hydrogen) atoms. The monoisotopic (exact) mass is 600 g/mol. The van der Waals surface area contributed by atoms with Gasteiger partial charge in [0.1, 0.15) is 21.5 Å². The maximum atomic E-state index is 12.6. The van der Waals surface area contributed by atoms with E-state index in [-0.39, 0.29) is 30.0 Å². The van der Waals surface area contributed by atoms with Crippen LogP contribution >= 0.6 is 22.1 Å². The number of fused-ring (bicyclic) bond motifs is 2. The number of hydrogen-bond acceptors (Lipinski definition) is 10. The Labute approximate surface area is 244 Å². The predicted octanol–water partition coefficient (Wildman–Crippen LogP) is 5.86. The molecule has 0 bridgehead atoms. The van der Waals surface area contributed by atoms with Crippen molar-refractivity contribution < 1.29 is 23.7 Å². The number of carboxylic acids is 1. The molecule has 0 fully saturated rings. The maximum absolute atomic E-state index is 12.6. The first-order valence-corrected chi connectivity index (χ1v) is 15.9. The van der Waals surface area contributed by atoms with Crippen LogP contribution in [-0.2, 0) is 17.9 Å². The summed E-state index contributed by atoms with van der Waals surface area (Å²) in [5, 5.41) is 19.6. The van der Waals surface area contributed by atoms with Gasteiger partial charge in [0.25, 0.3) is 0 Å². The number of carboxylic acid groups (broad SMARTS) is 1. The Balaban J connectivity index is 1.58. The molecule has 4 heterocycles. The quantitative estimate of drug-likeness (QED) is 0.225. The summed E-state index contributed by atoms with van der Waals surface area (Å²) < 4.78 is 32.3. The summed E-state index contributed by atoms with van der Waals surface area (Å²) in [4.78, 5) is 23.0. The molecule has 5 rings (SSSR count). The van der Waals surface area contributed by atoms with Crippen molar-refractivity contribution in [2.45, 2.75) is 78.0 Å². The minimum Gasteiger partial charge on any atom is -0.481 e. The molecule has 3 aromatic heterocycles. The molecule has 2 atom stereocenters. The molecule has 1 aromatic carbocycles. The topological polar surface area (TPSA) is 147 Å². The first-order valence-electron chi connectivity index (χ1n) is 13.6. The number of aromatic nitrogens is 5. The van der Waals surface area contributed by atoms with Crippen LogP contribution in [-0.4, -0.2) is 62.1 Å². The van der Waals surface area contributed by atoms with Gasteiger partial charge >= 0.3 is 5.97 Å². The second-order valence-corrected chi connectivity index (χ2v) is 14.1. The fraction of sp³-hybridized carbons (Fsp3) is 0.464. The zero-order valence-electron chi connectivity index (χ0n) is 24.0. The molecule has 2 unspecified atom stereocenters. The summed E-state index contributed by atoms with van der Waals surface area (Å²) in [5.41, 5.74) is 2.79. The molecular formula is C28H36N6O5S2. The summed E-state index contributed by atoms with van der Waals surface area (Å²) in [6.45, 7) is 12.4. The third-order valence-corrected chi connectivity index (χ3v) is 10.9. The minimum absolute atomic E-state index is 0.155. The lowest BCUT2D eigenvalue weighted by atomic mass is 9.74. The summed E-state index contributed by atoms with van der Waals surface area (Å²) in [6, 6.07) is 7.18. The van der Waals surface area contributed by atoms with E-state index >= 15 is 0 Å². The number of aryl methyl sites for hydroxylation is 3. The Bertz CT molecular complexity index is 1600. The van der Waals surface area contributed by atoms with Crippen LogP contribution in [0.5, 0.6) is 5.88 Å². The lowest BCUT2D eigenvalue weighted by Gasteiger charge is -2.41. The molecule has 1 aliphatic rings. The van der Waals surface area contributed by atoms with Crippen LogP contribution in [0.1, 0.15) is 66.7 Å².